The topological polar surface area (TPSA) is 50.9 Å². The minimum Gasteiger partial charge on any atom is -0.397 e. The van der Waals surface area contributed by atoms with Crippen LogP contribution in [0, 0.1) is 5.82 Å². The average Bonchev–Trinajstić information content (AvgIpc) is 2.25. The molecule has 0 atom stereocenters. The summed E-state index contributed by atoms with van der Waals surface area (Å²) in [7, 11) is 0. The van der Waals surface area contributed by atoms with Crippen molar-refractivity contribution in [3.05, 3.63) is 48.4 Å². The van der Waals surface area contributed by atoms with Crippen molar-refractivity contribution in [3.8, 4) is 0 Å². The number of anilines is 3. The van der Waals surface area contributed by atoms with Gasteiger partial charge in [-0.15, -0.1) is 0 Å². The molecule has 0 bridgehead atoms. The van der Waals surface area contributed by atoms with E-state index in [2.05, 4.69) is 10.3 Å². The number of aromatic nitrogens is 1. The van der Waals surface area contributed by atoms with E-state index in [1.165, 1.54) is 6.07 Å². The van der Waals surface area contributed by atoms with Crippen LogP contribution >= 0.6 is 0 Å². The number of hydrogen-bond donors (Lipinski definition) is 2. The second kappa shape index (κ2) is 3.96. The number of nitrogens with two attached hydrogens (primary N) is 1. The maximum absolute atomic E-state index is 13.4. The molecule has 0 radical (unpaired) electrons. The van der Waals surface area contributed by atoms with E-state index in [0.29, 0.717) is 11.5 Å². The maximum Gasteiger partial charge on any atom is 0.148 e. The van der Waals surface area contributed by atoms with Crippen LogP contribution in [0.25, 0.3) is 0 Å². The number of nitrogens with one attached hydrogen (secondary N) is 1. The lowest BCUT2D eigenvalue weighted by Gasteiger charge is -2.08. The van der Waals surface area contributed by atoms with Gasteiger partial charge in [-0.05, 0) is 24.3 Å². The Morgan fingerprint density at radius 2 is 2.00 bits per heavy atom. The Bertz CT molecular complexity index is 436. The highest BCUT2D eigenvalue weighted by atomic mass is 19.1. The third-order valence-electron chi connectivity index (χ3n) is 1.96. The van der Waals surface area contributed by atoms with Crippen LogP contribution in [0.5, 0.6) is 0 Å². The van der Waals surface area contributed by atoms with E-state index in [1.54, 1.807) is 30.5 Å². The maximum atomic E-state index is 13.4. The molecule has 0 fully saturated rings. The Balaban J connectivity index is 2.32. The molecule has 2 aromatic rings. The summed E-state index contributed by atoms with van der Waals surface area (Å²) in [5, 5.41) is 2.83. The van der Waals surface area contributed by atoms with Crippen molar-refractivity contribution < 1.29 is 4.39 Å². The van der Waals surface area contributed by atoms with Gasteiger partial charge in [0.05, 0.1) is 11.4 Å². The summed E-state index contributed by atoms with van der Waals surface area (Å²) < 4.78 is 13.4. The lowest BCUT2D eigenvalue weighted by atomic mass is 10.2. The highest BCUT2D eigenvalue weighted by Crippen LogP contribution is 2.24. The Hall–Kier alpha value is -2.10. The zero-order chi connectivity index (χ0) is 10.7. The van der Waals surface area contributed by atoms with Crippen LogP contribution in [-0.4, -0.2) is 4.98 Å². The van der Waals surface area contributed by atoms with Crippen LogP contribution in [0.2, 0.25) is 0 Å². The molecule has 1 aromatic heterocycles. The number of para-hydroxylation sites is 1. The van der Waals surface area contributed by atoms with E-state index in [1.807, 2.05) is 6.07 Å². The van der Waals surface area contributed by atoms with Crippen molar-refractivity contribution in [2.24, 2.45) is 0 Å². The molecule has 0 spiro atoms. The average molecular weight is 203 g/mol. The summed E-state index contributed by atoms with van der Waals surface area (Å²) in [5.74, 6) is 0.176. The molecule has 0 saturated heterocycles. The summed E-state index contributed by atoms with van der Waals surface area (Å²) in [6, 6.07) is 9.89. The number of nitrogens with zero attached hydrogens (tertiary/aromatic N) is 1. The first-order chi connectivity index (χ1) is 7.27. The van der Waals surface area contributed by atoms with Crippen LogP contribution in [0.1, 0.15) is 0 Å². The van der Waals surface area contributed by atoms with Crippen LogP contribution in [0.15, 0.2) is 42.6 Å². The van der Waals surface area contributed by atoms with E-state index >= 15 is 0 Å². The number of halogens is 1. The lowest BCUT2D eigenvalue weighted by Crippen LogP contribution is -2.00. The van der Waals surface area contributed by atoms with Crippen LogP contribution in [0.4, 0.5) is 21.6 Å². The van der Waals surface area contributed by atoms with Crippen molar-refractivity contribution in [1.29, 1.82) is 0 Å². The first-order valence-corrected chi connectivity index (χ1v) is 4.49. The Morgan fingerprint density at radius 1 is 1.13 bits per heavy atom. The van der Waals surface area contributed by atoms with Gasteiger partial charge in [-0.25, -0.2) is 9.37 Å². The van der Waals surface area contributed by atoms with Gasteiger partial charge in [0.2, 0.25) is 0 Å². The highest BCUT2D eigenvalue weighted by molar-refractivity contribution is 5.71. The van der Waals surface area contributed by atoms with Gasteiger partial charge in [0.25, 0.3) is 0 Å². The predicted octanol–water partition coefficient (Wildman–Crippen LogP) is 2.55. The molecule has 0 unspecified atom stereocenters. The van der Waals surface area contributed by atoms with Gasteiger partial charge >= 0.3 is 0 Å². The predicted molar refractivity (Wildman–Crippen MR) is 58.3 cm³/mol. The fourth-order valence-corrected chi connectivity index (χ4v) is 1.24. The molecule has 0 amide bonds. The lowest BCUT2D eigenvalue weighted by molar-refractivity contribution is 0.632. The van der Waals surface area contributed by atoms with Gasteiger partial charge in [0.1, 0.15) is 11.6 Å². The van der Waals surface area contributed by atoms with Crippen LogP contribution < -0.4 is 11.1 Å². The van der Waals surface area contributed by atoms with Crippen molar-refractivity contribution in [2.45, 2.75) is 0 Å². The molecule has 0 aliphatic heterocycles. The zero-order valence-electron chi connectivity index (χ0n) is 7.94. The van der Waals surface area contributed by atoms with Gasteiger partial charge in [-0.2, -0.15) is 0 Å². The standard InChI is InChI=1S/C11H10FN3/c12-8-4-3-5-9(13)11(8)15-10-6-1-2-7-14-10/h1-7H,13H2,(H,14,15). The summed E-state index contributed by atoms with van der Waals surface area (Å²) in [6.07, 6.45) is 1.62. The van der Waals surface area contributed by atoms with Gasteiger partial charge < -0.3 is 11.1 Å². The van der Waals surface area contributed by atoms with Crippen LogP contribution in [-0.2, 0) is 0 Å². The fourth-order valence-electron chi connectivity index (χ4n) is 1.24. The summed E-state index contributed by atoms with van der Waals surface area (Å²) in [5.41, 5.74) is 6.26. The van der Waals surface area contributed by atoms with E-state index < -0.39 is 0 Å². The number of rotatable bonds is 2. The first kappa shape index (κ1) is 9.45. The molecule has 0 aliphatic carbocycles. The highest BCUT2D eigenvalue weighted by Gasteiger charge is 2.05. The normalized spacial score (nSPS) is 9.93. The minimum absolute atomic E-state index is 0.260. The quantitative estimate of drug-likeness (QED) is 0.737. The molecule has 3 nitrogen and oxygen atoms in total. The van der Waals surface area contributed by atoms with Gasteiger partial charge in [-0.1, -0.05) is 12.1 Å². The third-order valence-corrected chi connectivity index (χ3v) is 1.96. The van der Waals surface area contributed by atoms with Gasteiger partial charge in [0.15, 0.2) is 0 Å². The number of hydrogen-bond acceptors (Lipinski definition) is 3. The van der Waals surface area contributed by atoms with E-state index in [0.717, 1.165) is 0 Å². The number of nitrogen functional groups attached to an aromatic ring is 1. The zero-order valence-corrected chi connectivity index (χ0v) is 7.94. The Morgan fingerprint density at radius 3 is 2.67 bits per heavy atom. The molecule has 0 aliphatic rings. The van der Waals surface area contributed by atoms with E-state index in [-0.39, 0.29) is 11.5 Å². The summed E-state index contributed by atoms with van der Waals surface area (Å²) in [4.78, 5) is 4.02. The van der Waals surface area contributed by atoms with E-state index in [4.69, 9.17) is 5.73 Å². The summed E-state index contributed by atoms with van der Waals surface area (Å²) >= 11 is 0. The minimum atomic E-state index is -0.388. The molecule has 0 saturated carbocycles. The monoisotopic (exact) mass is 203 g/mol. The summed E-state index contributed by atoms with van der Waals surface area (Å²) in [6.45, 7) is 0. The van der Waals surface area contributed by atoms with E-state index in [9.17, 15) is 4.39 Å². The molecular formula is C11H10FN3. The van der Waals surface area contributed by atoms with Gasteiger partial charge in [-0.3, -0.25) is 0 Å². The molecule has 2 rings (SSSR count). The number of benzene rings is 1. The Kier molecular flexibility index (Phi) is 2.49. The molecule has 1 heterocycles. The number of pyridine rings is 1. The smallest absolute Gasteiger partial charge is 0.148 e. The second-order valence-corrected chi connectivity index (χ2v) is 3.04. The second-order valence-electron chi connectivity index (χ2n) is 3.04. The van der Waals surface area contributed by atoms with Crippen LogP contribution in [0.3, 0.4) is 0 Å². The Labute approximate surface area is 86.8 Å². The van der Waals surface area contributed by atoms with Crippen molar-refractivity contribution in [2.75, 3.05) is 11.1 Å². The fraction of sp³-hybridized carbons (Fsp3) is 0. The SMILES string of the molecule is Nc1cccc(F)c1Nc1ccccn1. The van der Waals surface area contributed by atoms with Crippen molar-refractivity contribution in [1.82, 2.24) is 4.98 Å². The van der Waals surface area contributed by atoms with Crippen molar-refractivity contribution in [3.63, 3.8) is 0 Å². The third kappa shape index (κ3) is 2.04. The van der Waals surface area contributed by atoms with Crippen molar-refractivity contribution >= 4 is 17.2 Å². The molecule has 76 valence electrons. The van der Waals surface area contributed by atoms with Gasteiger partial charge in [0, 0.05) is 6.20 Å². The molecule has 15 heavy (non-hydrogen) atoms. The first-order valence-electron chi connectivity index (χ1n) is 4.49. The molecule has 3 N–H and O–H groups in total. The largest absolute Gasteiger partial charge is 0.397 e. The molecule has 1 aromatic carbocycles. The molecular weight excluding hydrogens is 193 g/mol. The molecule has 4 heteroatoms.